The smallest absolute Gasteiger partial charge is 0.257 e. The fraction of sp³-hybridized carbons (Fsp3) is 0.400. The zero-order valence-corrected chi connectivity index (χ0v) is 19.0. The van der Waals surface area contributed by atoms with Gasteiger partial charge in [-0.15, -0.1) is 0 Å². The summed E-state index contributed by atoms with van der Waals surface area (Å²) in [5.74, 6) is 1.56. The Morgan fingerprint density at radius 3 is 2.73 bits per heavy atom. The van der Waals surface area contributed by atoms with Crippen molar-refractivity contribution < 1.29 is 9.59 Å². The van der Waals surface area contributed by atoms with Gasteiger partial charge in [0.2, 0.25) is 5.91 Å². The minimum atomic E-state index is -0.0125. The number of amides is 2. The Bertz CT molecular complexity index is 1190. The van der Waals surface area contributed by atoms with Gasteiger partial charge < -0.3 is 4.90 Å². The highest BCUT2D eigenvalue weighted by atomic mass is 16.2. The molecular formula is C25H28N6O2. The minimum absolute atomic E-state index is 0.0125. The van der Waals surface area contributed by atoms with Crippen molar-refractivity contribution in [2.24, 2.45) is 0 Å². The molecule has 8 heteroatoms. The van der Waals surface area contributed by atoms with E-state index in [0.29, 0.717) is 38.0 Å². The van der Waals surface area contributed by atoms with Gasteiger partial charge in [0.25, 0.3) is 5.91 Å². The molecule has 4 heterocycles. The number of benzene rings is 1. The number of carbonyl (C=O) groups excluding carboxylic acids is 2. The molecule has 1 fully saturated rings. The molecule has 0 radical (unpaired) electrons. The second kappa shape index (κ2) is 8.77. The van der Waals surface area contributed by atoms with Crippen LogP contribution in [0.25, 0.3) is 0 Å². The first-order chi connectivity index (χ1) is 16.0. The summed E-state index contributed by atoms with van der Waals surface area (Å²) in [7, 11) is 0. The van der Waals surface area contributed by atoms with Crippen molar-refractivity contribution in [3.05, 3.63) is 70.4 Å². The predicted octanol–water partition coefficient (Wildman–Crippen LogP) is 3.32. The van der Waals surface area contributed by atoms with Gasteiger partial charge in [0.15, 0.2) is 0 Å². The number of hydrogen-bond acceptors (Lipinski definition) is 5. The highest BCUT2D eigenvalue weighted by molar-refractivity contribution is 5.96. The molecule has 3 aromatic rings. The highest BCUT2D eigenvalue weighted by Crippen LogP contribution is 2.33. The van der Waals surface area contributed by atoms with E-state index in [1.54, 1.807) is 11.1 Å². The van der Waals surface area contributed by atoms with E-state index in [0.717, 1.165) is 47.0 Å². The first-order valence-electron chi connectivity index (χ1n) is 11.5. The molecule has 8 nitrogen and oxygen atoms in total. The number of nitrogens with one attached hydrogen (secondary N) is 1. The maximum atomic E-state index is 13.0. The van der Waals surface area contributed by atoms with Crippen molar-refractivity contribution in [3.63, 3.8) is 0 Å². The summed E-state index contributed by atoms with van der Waals surface area (Å²) < 4.78 is 0. The number of likely N-dealkylation sites (tertiary alicyclic amines) is 1. The van der Waals surface area contributed by atoms with E-state index < -0.39 is 0 Å². The van der Waals surface area contributed by atoms with Gasteiger partial charge in [0.05, 0.1) is 18.3 Å². The fourth-order valence-corrected chi connectivity index (χ4v) is 4.82. The molecule has 2 amide bonds. The van der Waals surface area contributed by atoms with Crippen LogP contribution in [0.15, 0.2) is 36.5 Å². The molecule has 1 N–H and O–H groups in total. The van der Waals surface area contributed by atoms with Crippen molar-refractivity contribution in [2.75, 3.05) is 18.0 Å². The Morgan fingerprint density at radius 1 is 1.15 bits per heavy atom. The van der Waals surface area contributed by atoms with Crippen LogP contribution in [0.3, 0.4) is 0 Å². The summed E-state index contributed by atoms with van der Waals surface area (Å²) in [6.45, 7) is 5.63. The molecule has 33 heavy (non-hydrogen) atoms. The number of piperidine rings is 1. The van der Waals surface area contributed by atoms with E-state index in [2.05, 4.69) is 10.2 Å². The summed E-state index contributed by atoms with van der Waals surface area (Å²) in [6, 6.07) is 9.99. The van der Waals surface area contributed by atoms with E-state index in [9.17, 15) is 9.59 Å². The Labute approximate surface area is 193 Å². The number of H-pyrrole nitrogens is 1. The second-order valence-corrected chi connectivity index (χ2v) is 8.93. The van der Waals surface area contributed by atoms with Gasteiger partial charge in [-0.3, -0.25) is 19.6 Å². The van der Waals surface area contributed by atoms with E-state index in [1.807, 2.05) is 49.1 Å². The Balaban J connectivity index is 1.43. The second-order valence-electron chi connectivity index (χ2n) is 8.93. The minimum Gasteiger partial charge on any atom is -0.338 e. The average Bonchev–Trinajstić information content (AvgIpc) is 3.27. The van der Waals surface area contributed by atoms with E-state index in [1.165, 1.54) is 0 Å². The van der Waals surface area contributed by atoms with Crippen molar-refractivity contribution in [1.82, 2.24) is 25.1 Å². The van der Waals surface area contributed by atoms with Crippen LogP contribution >= 0.6 is 0 Å². The summed E-state index contributed by atoms with van der Waals surface area (Å²) >= 11 is 0. The van der Waals surface area contributed by atoms with Crippen LogP contribution in [0.1, 0.15) is 63.9 Å². The number of aryl methyl sites for hydroxylation is 2. The number of anilines is 1. The lowest BCUT2D eigenvalue weighted by Gasteiger charge is -2.34. The van der Waals surface area contributed by atoms with Gasteiger partial charge in [0, 0.05) is 42.4 Å². The lowest BCUT2D eigenvalue weighted by molar-refractivity contribution is -0.119. The van der Waals surface area contributed by atoms with E-state index in [-0.39, 0.29) is 17.7 Å². The van der Waals surface area contributed by atoms with Crippen molar-refractivity contribution in [3.8, 4) is 0 Å². The molecule has 0 spiro atoms. The van der Waals surface area contributed by atoms with Crippen LogP contribution < -0.4 is 4.90 Å². The number of nitrogens with zero attached hydrogens (tertiary/aromatic N) is 5. The Kier molecular flexibility index (Phi) is 5.66. The monoisotopic (exact) mass is 444 g/mol. The van der Waals surface area contributed by atoms with Gasteiger partial charge in [-0.2, -0.15) is 5.10 Å². The molecule has 2 aromatic heterocycles. The quantitative estimate of drug-likeness (QED) is 0.666. The molecule has 2 aliphatic heterocycles. The SMILES string of the molecule is Cc1nc(C2CCCN(C(=O)c3cn[nH]c3C)C2)nc2c1CCC(=O)N2Cc1ccccc1. The van der Waals surface area contributed by atoms with Crippen molar-refractivity contribution >= 4 is 17.6 Å². The standard InChI is InChI=1S/C25H28N6O2/c1-16-20-10-11-22(32)31(14-18-7-4-3-5-8-18)24(20)28-23(27-16)19-9-6-12-30(15-19)25(33)21-13-26-29-17(21)2/h3-5,7-8,13,19H,6,9-12,14-15H2,1-2H3,(H,26,29). The third-order valence-electron chi connectivity index (χ3n) is 6.67. The zero-order chi connectivity index (χ0) is 22.9. The molecule has 1 aromatic carbocycles. The van der Waals surface area contributed by atoms with Crippen LogP contribution in [0, 0.1) is 13.8 Å². The van der Waals surface area contributed by atoms with Crippen LogP contribution in [-0.2, 0) is 17.8 Å². The maximum absolute atomic E-state index is 13.0. The molecule has 1 atom stereocenters. The van der Waals surface area contributed by atoms with Crippen LogP contribution in [0.4, 0.5) is 5.82 Å². The lowest BCUT2D eigenvalue weighted by Crippen LogP contribution is -2.40. The zero-order valence-electron chi connectivity index (χ0n) is 19.0. The number of rotatable bonds is 4. The molecule has 0 aliphatic carbocycles. The average molecular weight is 445 g/mol. The van der Waals surface area contributed by atoms with Crippen LogP contribution in [0.5, 0.6) is 0 Å². The normalized spacial score (nSPS) is 18.4. The maximum Gasteiger partial charge on any atom is 0.257 e. The number of fused-ring (bicyclic) bond motifs is 1. The summed E-state index contributed by atoms with van der Waals surface area (Å²) in [4.78, 5) is 39.4. The summed E-state index contributed by atoms with van der Waals surface area (Å²) in [5.41, 5.74) is 4.43. The third kappa shape index (κ3) is 4.13. The lowest BCUT2D eigenvalue weighted by atomic mass is 9.95. The van der Waals surface area contributed by atoms with Crippen LogP contribution in [-0.4, -0.2) is 50.0 Å². The summed E-state index contributed by atoms with van der Waals surface area (Å²) in [6.07, 6.45) is 4.53. The van der Waals surface area contributed by atoms with Gasteiger partial charge in [0.1, 0.15) is 11.6 Å². The van der Waals surface area contributed by atoms with E-state index in [4.69, 9.17) is 9.97 Å². The first kappa shape index (κ1) is 21.3. The molecule has 1 unspecified atom stereocenters. The topological polar surface area (TPSA) is 95.1 Å². The van der Waals surface area contributed by atoms with Gasteiger partial charge in [-0.25, -0.2) is 9.97 Å². The van der Waals surface area contributed by atoms with Crippen molar-refractivity contribution in [2.45, 2.75) is 52.0 Å². The number of hydrogen-bond donors (Lipinski definition) is 1. The van der Waals surface area contributed by atoms with Crippen LogP contribution in [0.2, 0.25) is 0 Å². The number of aromatic amines is 1. The summed E-state index contributed by atoms with van der Waals surface area (Å²) in [5, 5.41) is 6.83. The Hall–Kier alpha value is -3.55. The number of aromatic nitrogens is 4. The fourth-order valence-electron chi connectivity index (χ4n) is 4.82. The van der Waals surface area contributed by atoms with E-state index >= 15 is 0 Å². The number of carbonyl (C=O) groups is 2. The largest absolute Gasteiger partial charge is 0.338 e. The molecule has 170 valence electrons. The molecule has 1 saturated heterocycles. The molecule has 0 saturated carbocycles. The predicted molar refractivity (Wildman–Crippen MR) is 124 cm³/mol. The Morgan fingerprint density at radius 2 is 1.97 bits per heavy atom. The molecule has 2 aliphatic rings. The first-order valence-corrected chi connectivity index (χ1v) is 11.5. The van der Waals surface area contributed by atoms with Gasteiger partial charge >= 0.3 is 0 Å². The van der Waals surface area contributed by atoms with Gasteiger partial charge in [-0.1, -0.05) is 30.3 Å². The van der Waals surface area contributed by atoms with Crippen molar-refractivity contribution in [1.29, 1.82) is 0 Å². The molecule has 5 rings (SSSR count). The van der Waals surface area contributed by atoms with Gasteiger partial charge in [-0.05, 0) is 38.7 Å². The third-order valence-corrected chi connectivity index (χ3v) is 6.67. The molecule has 0 bridgehead atoms. The molecular weight excluding hydrogens is 416 g/mol. The highest BCUT2D eigenvalue weighted by Gasteiger charge is 2.32.